The van der Waals surface area contributed by atoms with E-state index in [0.717, 1.165) is 36.3 Å². The maximum Gasteiger partial charge on any atom is 0.295 e. The molecule has 0 aromatic heterocycles. The molecule has 0 radical (unpaired) electrons. The second-order valence-electron chi connectivity index (χ2n) is 9.53. The summed E-state index contributed by atoms with van der Waals surface area (Å²) in [5.41, 5.74) is 2.34. The second kappa shape index (κ2) is 10.5. The molecule has 1 saturated heterocycles. The number of benzene rings is 2. The highest BCUT2D eigenvalue weighted by Crippen LogP contribution is 2.41. The van der Waals surface area contributed by atoms with Gasteiger partial charge in [-0.05, 0) is 81.9 Å². The van der Waals surface area contributed by atoms with Gasteiger partial charge in [0.1, 0.15) is 23.4 Å². The molecule has 1 fully saturated rings. The molecule has 7 nitrogen and oxygen atoms in total. The van der Waals surface area contributed by atoms with E-state index in [4.69, 9.17) is 9.47 Å². The minimum absolute atomic E-state index is 0.0653. The highest BCUT2D eigenvalue weighted by atomic mass is 16.5. The number of carbonyl (C=O) groups excluding carboxylic acids is 2. The SMILES string of the molecule is CCCOc1cccc([C@H]2/C(=C(\O)c3ccc4c(c3)C[C@H](C)O4)C(=O)C(=O)N2CCCN(C)C)c1. The van der Waals surface area contributed by atoms with E-state index in [1.54, 1.807) is 11.0 Å². The molecule has 35 heavy (non-hydrogen) atoms. The molecule has 2 heterocycles. The highest BCUT2D eigenvalue weighted by molar-refractivity contribution is 6.46. The van der Waals surface area contributed by atoms with Crippen LogP contribution in [0.4, 0.5) is 0 Å². The Hall–Kier alpha value is -3.32. The molecular weight excluding hydrogens is 444 g/mol. The number of carbonyl (C=O) groups is 2. The van der Waals surface area contributed by atoms with E-state index in [-0.39, 0.29) is 17.4 Å². The van der Waals surface area contributed by atoms with Gasteiger partial charge in [-0.15, -0.1) is 0 Å². The topological polar surface area (TPSA) is 79.3 Å². The number of nitrogens with zero attached hydrogens (tertiary/aromatic N) is 2. The number of ether oxygens (including phenoxy) is 2. The van der Waals surface area contributed by atoms with Gasteiger partial charge in [0, 0.05) is 18.5 Å². The molecule has 2 atom stereocenters. The fourth-order valence-corrected chi connectivity index (χ4v) is 4.73. The van der Waals surface area contributed by atoms with Crippen molar-refractivity contribution in [3.8, 4) is 11.5 Å². The Bertz CT molecular complexity index is 1140. The van der Waals surface area contributed by atoms with Crippen molar-refractivity contribution in [1.82, 2.24) is 9.80 Å². The van der Waals surface area contributed by atoms with Crippen LogP contribution in [0.1, 0.15) is 49.4 Å². The van der Waals surface area contributed by atoms with Gasteiger partial charge in [-0.25, -0.2) is 0 Å². The van der Waals surface area contributed by atoms with Gasteiger partial charge in [-0.3, -0.25) is 9.59 Å². The van der Waals surface area contributed by atoms with E-state index < -0.39 is 17.7 Å². The lowest BCUT2D eigenvalue weighted by Crippen LogP contribution is -2.32. The Balaban J connectivity index is 1.77. The Morgan fingerprint density at radius 1 is 1.20 bits per heavy atom. The number of hydrogen-bond donors (Lipinski definition) is 1. The predicted octanol–water partition coefficient (Wildman–Crippen LogP) is 4.17. The van der Waals surface area contributed by atoms with Crippen LogP contribution in [0.15, 0.2) is 48.0 Å². The number of likely N-dealkylation sites (tertiary alicyclic amines) is 1. The van der Waals surface area contributed by atoms with Gasteiger partial charge in [0.25, 0.3) is 11.7 Å². The van der Waals surface area contributed by atoms with Crippen molar-refractivity contribution in [3.05, 3.63) is 64.7 Å². The minimum Gasteiger partial charge on any atom is -0.507 e. The van der Waals surface area contributed by atoms with Crippen LogP contribution in [0.3, 0.4) is 0 Å². The third-order valence-electron chi connectivity index (χ3n) is 6.36. The van der Waals surface area contributed by atoms with Crippen molar-refractivity contribution in [2.45, 2.75) is 45.3 Å². The number of aliphatic hydroxyl groups is 1. The van der Waals surface area contributed by atoms with E-state index in [0.29, 0.717) is 30.9 Å². The maximum absolute atomic E-state index is 13.3. The Morgan fingerprint density at radius 2 is 2.00 bits per heavy atom. The van der Waals surface area contributed by atoms with Crippen LogP contribution in [0, 0.1) is 0 Å². The van der Waals surface area contributed by atoms with E-state index in [1.165, 1.54) is 0 Å². The molecule has 0 saturated carbocycles. The number of aliphatic hydroxyl groups excluding tert-OH is 1. The van der Waals surface area contributed by atoms with Gasteiger partial charge < -0.3 is 24.4 Å². The smallest absolute Gasteiger partial charge is 0.295 e. The summed E-state index contributed by atoms with van der Waals surface area (Å²) in [6, 6.07) is 12.2. The minimum atomic E-state index is -0.689. The molecule has 2 aliphatic heterocycles. The average Bonchev–Trinajstić information content (AvgIpc) is 3.33. The standard InChI is InChI=1S/C28H34N2O5/c1-5-14-34-22-9-6-8-19(17-22)25-24(27(32)28(33)30(25)13-7-12-29(3)4)26(31)20-10-11-23-21(16-20)15-18(2)35-23/h6,8-11,16-18,25,31H,5,7,12-15H2,1-4H3/b26-24+/t18-,25-/m0/s1. The number of fused-ring (bicyclic) bond motifs is 1. The molecule has 0 bridgehead atoms. The van der Waals surface area contributed by atoms with Crippen LogP contribution >= 0.6 is 0 Å². The van der Waals surface area contributed by atoms with Gasteiger partial charge in [-0.1, -0.05) is 19.1 Å². The van der Waals surface area contributed by atoms with Crippen LogP contribution in [0.5, 0.6) is 11.5 Å². The molecule has 2 aliphatic rings. The fraction of sp³-hybridized carbons (Fsp3) is 0.429. The summed E-state index contributed by atoms with van der Waals surface area (Å²) in [6.45, 7) is 5.78. The third-order valence-corrected chi connectivity index (χ3v) is 6.36. The van der Waals surface area contributed by atoms with Gasteiger partial charge >= 0.3 is 0 Å². The molecule has 1 amide bonds. The van der Waals surface area contributed by atoms with Gasteiger partial charge in [0.2, 0.25) is 0 Å². The van der Waals surface area contributed by atoms with Gasteiger partial charge in [-0.2, -0.15) is 0 Å². The first kappa shape index (κ1) is 24.8. The summed E-state index contributed by atoms with van der Waals surface area (Å²) in [5, 5.41) is 11.4. The largest absolute Gasteiger partial charge is 0.507 e. The van der Waals surface area contributed by atoms with Crippen molar-refractivity contribution in [2.24, 2.45) is 0 Å². The highest BCUT2D eigenvalue weighted by Gasteiger charge is 2.46. The van der Waals surface area contributed by atoms with Crippen LogP contribution < -0.4 is 9.47 Å². The molecular formula is C28H34N2O5. The third kappa shape index (κ3) is 5.20. The normalized spacial score (nSPS) is 20.9. The predicted molar refractivity (Wildman–Crippen MR) is 135 cm³/mol. The lowest BCUT2D eigenvalue weighted by Gasteiger charge is -2.26. The Kier molecular flexibility index (Phi) is 7.45. The lowest BCUT2D eigenvalue weighted by molar-refractivity contribution is -0.139. The second-order valence-corrected chi connectivity index (χ2v) is 9.53. The molecule has 1 N–H and O–H groups in total. The van der Waals surface area contributed by atoms with Crippen LogP contribution in [-0.2, 0) is 16.0 Å². The van der Waals surface area contributed by atoms with E-state index >= 15 is 0 Å². The molecule has 4 rings (SSSR count). The summed E-state index contributed by atoms with van der Waals surface area (Å²) in [7, 11) is 3.94. The number of rotatable bonds is 9. The Morgan fingerprint density at radius 3 is 2.74 bits per heavy atom. The van der Waals surface area contributed by atoms with E-state index in [9.17, 15) is 14.7 Å². The molecule has 0 spiro atoms. The number of amides is 1. The summed E-state index contributed by atoms with van der Waals surface area (Å²) in [6.07, 6.45) is 2.37. The first-order valence-electron chi connectivity index (χ1n) is 12.3. The molecule has 7 heteroatoms. The van der Waals surface area contributed by atoms with Crippen molar-refractivity contribution in [1.29, 1.82) is 0 Å². The zero-order chi connectivity index (χ0) is 25.1. The zero-order valence-electron chi connectivity index (χ0n) is 20.9. The average molecular weight is 479 g/mol. The van der Waals surface area contributed by atoms with E-state index in [1.807, 2.05) is 69.2 Å². The van der Waals surface area contributed by atoms with Crippen molar-refractivity contribution in [2.75, 3.05) is 33.8 Å². The van der Waals surface area contributed by atoms with Crippen molar-refractivity contribution >= 4 is 17.4 Å². The number of hydrogen-bond acceptors (Lipinski definition) is 6. The number of ketones is 1. The van der Waals surface area contributed by atoms with Crippen LogP contribution in [0.25, 0.3) is 5.76 Å². The van der Waals surface area contributed by atoms with Gasteiger partial charge in [0.15, 0.2) is 0 Å². The van der Waals surface area contributed by atoms with Crippen molar-refractivity contribution in [3.63, 3.8) is 0 Å². The van der Waals surface area contributed by atoms with Gasteiger partial charge in [0.05, 0.1) is 18.2 Å². The monoisotopic (exact) mass is 478 g/mol. The quantitative estimate of drug-likeness (QED) is 0.331. The molecule has 0 unspecified atom stereocenters. The summed E-state index contributed by atoms with van der Waals surface area (Å²) in [5.74, 6) is 0.0451. The first-order chi connectivity index (χ1) is 16.8. The van der Waals surface area contributed by atoms with Crippen LogP contribution in [0.2, 0.25) is 0 Å². The first-order valence-corrected chi connectivity index (χ1v) is 12.3. The lowest BCUT2D eigenvalue weighted by atomic mass is 9.94. The van der Waals surface area contributed by atoms with E-state index in [2.05, 4.69) is 0 Å². The molecule has 0 aliphatic carbocycles. The molecule has 186 valence electrons. The maximum atomic E-state index is 13.3. The molecule has 2 aromatic rings. The fourth-order valence-electron chi connectivity index (χ4n) is 4.73. The summed E-state index contributed by atoms with van der Waals surface area (Å²) in [4.78, 5) is 30.1. The van der Waals surface area contributed by atoms with Crippen molar-refractivity contribution < 1.29 is 24.2 Å². The summed E-state index contributed by atoms with van der Waals surface area (Å²) >= 11 is 0. The number of Topliss-reactive ketones (excluding diaryl/α,β-unsaturated/α-hetero) is 1. The Labute approximate surface area is 206 Å². The molecule has 2 aromatic carbocycles. The van der Waals surface area contributed by atoms with Crippen LogP contribution in [-0.4, -0.2) is 66.5 Å². The summed E-state index contributed by atoms with van der Waals surface area (Å²) < 4.78 is 11.6. The zero-order valence-corrected chi connectivity index (χ0v) is 20.9.